The third-order valence-corrected chi connectivity index (χ3v) is 5.20. The van der Waals surface area contributed by atoms with Crippen molar-refractivity contribution in [2.45, 2.75) is 19.1 Å². The molecule has 0 N–H and O–H groups in total. The van der Waals surface area contributed by atoms with Crippen molar-refractivity contribution >= 4 is 23.0 Å². The first-order valence-corrected chi connectivity index (χ1v) is 9.36. The molecule has 0 spiro atoms. The van der Waals surface area contributed by atoms with E-state index in [4.69, 9.17) is 21.3 Å². The Bertz CT molecular complexity index is 936. The topological polar surface area (TPSA) is 24.8 Å². The highest BCUT2D eigenvalue weighted by Gasteiger charge is 2.35. The van der Waals surface area contributed by atoms with Crippen LogP contribution in [0, 0.1) is 0 Å². The van der Waals surface area contributed by atoms with Gasteiger partial charge in [-0.1, -0.05) is 54.1 Å². The van der Waals surface area contributed by atoms with Crippen LogP contribution < -0.4 is 9.64 Å². The van der Waals surface area contributed by atoms with Gasteiger partial charge in [0.05, 0.1) is 18.9 Å². The van der Waals surface area contributed by atoms with Gasteiger partial charge in [-0.25, -0.2) is 0 Å². The standard InChI is InChI=1S/C23H21ClN2O/c1-16-22(17-6-4-3-5-7-17)25-23(18-8-14-21(27-2)15-9-18)26(16)20-12-10-19(24)11-13-20/h3-16,23H,1-2H3. The number of hydrogen-bond acceptors (Lipinski definition) is 3. The zero-order valence-corrected chi connectivity index (χ0v) is 16.1. The number of rotatable bonds is 4. The molecule has 3 nitrogen and oxygen atoms in total. The van der Waals surface area contributed by atoms with E-state index in [1.54, 1.807) is 7.11 Å². The van der Waals surface area contributed by atoms with Crippen molar-refractivity contribution in [3.63, 3.8) is 0 Å². The van der Waals surface area contributed by atoms with E-state index in [0.29, 0.717) is 0 Å². The maximum Gasteiger partial charge on any atom is 0.148 e. The predicted molar refractivity (Wildman–Crippen MR) is 112 cm³/mol. The molecule has 1 heterocycles. The average Bonchev–Trinajstić information content (AvgIpc) is 3.06. The van der Waals surface area contributed by atoms with Gasteiger partial charge in [0, 0.05) is 10.7 Å². The van der Waals surface area contributed by atoms with Crippen molar-refractivity contribution in [1.82, 2.24) is 0 Å². The molecule has 136 valence electrons. The largest absolute Gasteiger partial charge is 0.497 e. The number of anilines is 1. The van der Waals surface area contributed by atoms with Crippen molar-refractivity contribution in [1.29, 1.82) is 0 Å². The fourth-order valence-electron chi connectivity index (χ4n) is 3.56. The van der Waals surface area contributed by atoms with Crippen LogP contribution in [0.1, 0.15) is 24.2 Å². The van der Waals surface area contributed by atoms with Crippen LogP contribution in [0.5, 0.6) is 5.75 Å². The van der Waals surface area contributed by atoms with Gasteiger partial charge in [-0.3, -0.25) is 4.99 Å². The molecule has 27 heavy (non-hydrogen) atoms. The quantitative estimate of drug-likeness (QED) is 0.579. The van der Waals surface area contributed by atoms with Crippen molar-refractivity contribution in [2.75, 3.05) is 12.0 Å². The third kappa shape index (κ3) is 3.43. The van der Waals surface area contributed by atoms with Crippen LogP contribution in [-0.2, 0) is 0 Å². The lowest BCUT2D eigenvalue weighted by Crippen LogP contribution is -2.35. The molecular formula is C23H21ClN2O. The van der Waals surface area contributed by atoms with E-state index in [1.165, 1.54) is 0 Å². The third-order valence-electron chi connectivity index (χ3n) is 4.95. The maximum atomic E-state index is 6.11. The van der Waals surface area contributed by atoms with Gasteiger partial charge >= 0.3 is 0 Å². The van der Waals surface area contributed by atoms with Crippen LogP contribution >= 0.6 is 11.6 Å². The molecule has 0 radical (unpaired) electrons. The molecule has 4 heteroatoms. The fraction of sp³-hybridized carbons (Fsp3) is 0.174. The molecular weight excluding hydrogens is 356 g/mol. The lowest BCUT2D eigenvalue weighted by molar-refractivity contribution is 0.414. The van der Waals surface area contributed by atoms with Crippen molar-refractivity contribution in [2.24, 2.45) is 4.99 Å². The van der Waals surface area contributed by atoms with E-state index in [0.717, 1.165) is 33.3 Å². The Morgan fingerprint density at radius 2 is 1.56 bits per heavy atom. The normalized spacial score (nSPS) is 19.1. The van der Waals surface area contributed by atoms with Crippen LogP contribution in [0.4, 0.5) is 5.69 Å². The molecule has 0 fully saturated rings. The van der Waals surface area contributed by atoms with Crippen molar-refractivity contribution < 1.29 is 4.74 Å². The number of benzene rings is 3. The minimum Gasteiger partial charge on any atom is -0.497 e. The predicted octanol–water partition coefficient (Wildman–Crippen LogP) is 5.75. The lowest BCUT2D eigenvalue weighted by Gasteiger charge is -2.30. The highest BCUT2D eigenvalue weighted by atomic mass is 35.5. The fourth-order valence-corrected chi connectivity index (χ4v) is 3.69. The number of halogens is 1. The Kier molecular flexibility index (Phi) is 4.87. The second kappa shape index (κ2) is 7.45. The van der Waals surface area contributed by atoms with E-state index in [9.17, 15) is 0 Å². The Balaban J connectivity index is 1.78. The first kappa shape index (κ1) is 17.6. The van der Waals surface area contributed by atoms with Crippen LogP contribution in [0.2, 0.25) is 5.02 Å². The minimum atomic E-state index is -0.0951. The van der Waals surface area contributed by atoms with E-state index in [-0.39, 0.29) is 12.2 Å². The van der Waals surface area contributed by atoms with Crippen LogP contribution in [0.3, 0.4) is 0 Å². The molecule has 0 amide bonds. The second-order valence-corrected chi connectivity index (χ2v) is 7.02. The molecule has 0 saturated carbocycles. The Hall–Kier alpha value is -2.78. The summed E-state index contributed by atoms with van der Waals surface area (Å²) in [7, 11) is 1.68. The molecule has 3 aromatic rings. The zero-order valence-electron chi connectivity index (χ0n) is 15.3. The summed E-state index contributed by atoms with van der Waals surface area (Å²) in [5, 5.41) is 0.732. The summed E-state index contributed by atoms with van der Waals surface area (Å²) in [6.45, 7) is 2.20. The molecule has 1 aliphatic rings. The number of methoxy groups -OCH3 is 1. The summed E-state index contributed by atoms with van der Waals surface area (Å²) in [4.78, 5) is 7.45. The van der Waals surface area contributed by atoms with Gasteiger partial charge in [-0.15, -0.1) is 0 Å². The summed E-state index contributed by atoms with van der Waals surface area (Å²) in [5.74, 6) is 0.843. The first-order chi connectivity index (χ1) is 13.2. The molecule has 1 aliphatic heterocycles. The average molecular weight is 377 g/mol. The SMILES string of the molecule is COc1ccc(C2N=C(c3ccccc3)C(C)N2c2ccc(Cl)cc2)cc1. The summed E-state index contributed by atoms with van der Waals surface area (Å²) >= 11 is 6.11. The number of ether oxygens (including phenoxy) is 1. The van der Waals surface area contributed by atoms with Crippen LogP contribution in [0.15, 0.2) is 83.9 Å². The van der Waals surface area contributed by atoms with Crippen molar-refractivity contribution in [3.05, 3.63) is 95.0 Å². The summed E-state index contributed by atoms with van der Waals surface area (Å²) in [6.07, 6.45) is -0.0951. The summed E-state index contributed by atoms with van der Waals surface area (Å²) in [6, 6.07) is 26.6. The Morgan fingerprint density at radius 3 is 2.19 bits per heavy atom. The van der Waals surface area contributed by atoms with E-state index in [1.807, 2.05) is 30.3 Å². The molecule has 2 atom stereocenters. The number of hydrogen-bond donors (Lipinski definition) is 0. The maximum absolute atomic E-state index is 6.11. The first-order valence-electron chi connectivity index (χ1n) is 8.98. The highest BCUT2D eigenvalue weighted by molar-refractivity contribution is 6.30. The summed E-state index contributed by atoms with van der Waals surface area (Å²) < 4.78 is 5.30. The monoisotopic (exact) mass is 376 g/mol. The van der Waals surface area contributed by atoms with Crippen molar-refractivity contribution in [3.8, 4) is 5.75 Å². The van der Waals surface area contributed by atoms with Gasteiger partial charge in [-0.05, 0) is 54.4 Å². The molecule has 3 aromatic carbocycles. The smallest absolute Gasteiger partial charge is 0.148 e. The van der Waals surface area contributed by atoms with E-state index < -0.39 is 0 Å². The Labute approximate surface area is 164 Å². The molecule has 0 aliphatic carbocycles. The van der Waals surface area contributed by atoms with Crippen LogP contribution in [-0.4, -0.2) is 18.9 Å². The highest BCUT2D eigenvalue weighted by Crippen LogP contribution is 2.38. The molecule has 0 bridgehead atoms. The second-order valence-electron chi connectivity index (χ2n) is 6.59. The minimum absolute atomic E-state index is 0.0951. The van der Waals surface area contributed by atoms with E-state index in [2.05, 4.69) is 60.4 Å². The molecule has 4 rings (SSSR count). The van der Waals surface area contributed by atoms with Gasteiger partial charge in [-0.2, -0.15) is 0 Å². The van der Waals surface area contributed by atoms with Crippen LogP contribution in [0.25, 0.3) is 0 Å². The molecule has 0 saturated heterocycles. The van der Waals surface area contributed by atoms with Gasteiger partial charge in [0.15, 0.2) is 0 Å². The van der Waals surface area contributed by atoms with Gasteiger partial charge in [0.1, 0.15) is 11.9 Å². The van der Waals surface area contributed by atoms with E-state index >= 15 is 0 Å². The number of aliphatic imine (C=N–C) groups is 1. The van der Waals surface area contributed by atoms with Gasteiger partial charge in [0.2, 0.25) is 0 Å². The Morgan fingerprint density at radius 1 is 0.889 bits per heavy atom. The van der Waals surface area contributed by atoms with Gasteiger partial charge in [0.25, 0.3) is 0 Å². The zero-order chi connectivity index (χ0) is 18.8. The molecule has 2 unspecified atom stereocenters. The molecule has 0 aromatic heterocycles. The number of nitrogens with zero attached hydrogens (tertiary/aromatic N) is 2. The van der Waals surface area contributed by atoms with Gasteiger partial charge < -0.3 is 9.64 Å². The summed E-state index contributed by atoms with van der Waals surface area (Å²) in [5.41, 5.74) is 4.47. The lowest BCUT2D eigenvalue weighted by atomic mass is 10.0.